The summed E-state index contributed by atoms with van der Waals surface area (Å²) in [6.07, 6.45) is 0. The zero-order chi connectivity index (χ0) is 40.1. The molecule has 0 saturated heterocycles. The SMILES string of the molecule is c1ccc(-c2cc(-c3ccccc3)cc(-c3nc(-c4cccc(-c5ccccc5-c5ccccc5)c4)nc(-c4ccccc4-c4ccccc4-c4ccccc4)n3)c2)cc1. The van der Waals surface area contributed by atoms with Gasteiger partial charge in [-0.15, -0.1) is 0 Å². The number of hydrogen-bond acceptors (Lipinski definition) is 3. The van der Waals surface area contributed by atoms with E-state index >= 15 is 0 Å². The number of hydrogen-bond donors (Lipinski definition) is 0. The molecule has 0 bridgehead atoms. The average Bonchev–Trinajstić information content (AvgIpc) is 3.35. The molecule has 0 fully saturated rings. The third-order valence-electron chi connectivity index (χ3n) is 11.0. The molecular formula is C57H39N3. The average molecular weight is 766 g/mol. The van der Waals surface area contributed by atoms with Gasteiger partial charge in [-0.05, 0) is 91.0 Å². The first-order valence-corrected chi connectivity index (χ1v) is 20.3. The third-order valence-corrected chi connectivity index (χ3v) is 11.0. The summed E-state index contributed by atoms with van der Waals surface area (Å²) in [6.45, 7) is 0. The molecule has 0 saturated carbocycles. The van der Waals surface area contributed by atoms with Crippen LogP contribution in [0.15, 0.2) is 237 Å². The largest absolute Gasteiger partial charge is 0.208 e. The highest BCUT2D eigenvalue weighted by atomic mass is 15.0. The molecule has 0 spiro atoms. The van der Waals surface area contributed by atoms with Crippen LogP contribution in [0.1, 0.15) is 0 Å². The van der Waals surface area contributed by atoms with Crippen LogP contribution < -0.4 is 0 Å². The molecule has 3 nitrogen and oxygen atoms in total. The second kappa shape index (κ2) is 16.5. The number of benzene rings is 9. The Balaban J connectivity index is 1.19. The molecule has 10 aromatic rings. The van der Waals surface area contributed by atoms with Gasteiger partial charge in [-0.2, -0.15) is 0 Å². The van der Waals surface area contributed by atoms with Gasteiger partial charge in [-0.25, -0.2) is 15.0 Å². The number of nitrogens with zero attached hydrogens (tertiary/aromatic N) is 3. The first-order valence-electron chi connectivity index (χ1n) is 20.3. The van der Waals surface area contributed by atoms with Crippen molar-refractivity contribution in [1.29, 1.82) is 0 Å². The summed E-state index contributed by atoms with van der Waals surface area (Å²) in [4.78, 5) is 16.0. The van der Waals surface area contributed by atoms with Crippen molar-refractivity contribution in [3.8, 4) is 101 Å². The molecule has 282 valence electrons. The van der Waals surface area contributed by atoms with E-state index in [0.717, 1.165) is 72.3 Å². The van der Waals surface area contributed by atoms with E-state index in [9.17, 15) is 0 Å². The van der Waals surface area contributed by atoms with Gasteiger partial charge in [0.25, 0.3) is 0 Å². The van der Waals surface area contributed by atoms with Crippen molar-refractivity contribution in [2.75, 3.05) is 0 Å². The van der Waals surface area contributed by atoms with Crippen molar-refractivity contribution in [2.45, 2.75) is 0 Å². The molecule has 0 aliphatic carbocycles. The van der Waals surface area contributed by atoms with Crippen molar-refractivity contribution in [3.63, 3.8) is 0 Å². The van der Waals surface area contributed by atoms with Crippen LogP contribution in [0.3, 0.4) is 0 Å². The Kier molecular flexibility index (Phi) is 9.97. The van der Waals surface area contributed by atoms with Gasteiger partial charge >= 0.3 is 0 Å². The van der Waals surface area contributed by atoms with E-state index in [1.807, 2.05) is 0 Å². The highest BCUT2D eigenvalue weighted by molar-refractivity contribution is 5.91. The molecule has 10 rings (SSSR count). The van der Waals surface area contributed by atoms with Crippen LogP contribution in [0.2, 0.25) is 0 Å². The van der Waals surface area contributed by atoms with E-state index in [-0.39, 0.29) is 0 Å². The first kappa shape index (κ1) is 36.3. The second-order valence-electron chi connectivity index (χ2n) is 14.8. The van der Waals surface area contributed by atoms with Gasteiger partial charge in [0.05, 0.1) is 0 Å². The Morgan fingerprint density at radius 1 is 0.167 bits per heavy atom. The van der Waals surface area contributed by atoms with Gasteiger partial charge in [0.2, 0.25) is 0 Å². The maximum atomic E-state index is 5.37. The Morgan fingerprint density at radius 3 is 0.983 bits per heavy atom. The molecule has 1 aromatic heterocycles. The minimum Gasteiger partial charge on any atom is -0.208 e. The highest BCUT2D eigenvalue weighted by Gasteiger charge is 2.19. The molecule has 0 N–H and O–H groups in total. The molecule has 0 radical (unpaired) electrons. The summed E-state index contributed by atoms with van der Waals surface area (Å²) in [7, 11) is 0. The lowest BCUT2D eigenvalue weighted by molar-refractivity contribution is 1.07. The summed E-state index contributed by atoms with van der Waals surface area (Å²) in [5, 5.41) is 0. The first-order chi connectivity index (χ1) is 29.7. The van der Waals surface area contributed by atoms with E-state index in [4.69, 9.17) is 15.0 Å². The molecular weight excluding hydrogens is 727 g/mol. The number of aromatic nitrogens is 3. The molecule has 0 aliphatic heterocycles. The van der Waals surface area contributed by atoms with Crippen molar-refractivity contribution in [2.24, 2.45) is 0 Å². The van der Waals surface area contributed by atoms with Gasteiger partial charge in [0, 0.05) is 16.7 Å². The summed E-state index contributed by atoms with van der Waals surface area (Å²) in [6, 6.07) is 82.9. The van der Waals surface area contributed by atoms with Crippen molar-refractivity contribution >= 4 is 0 Å². The highest BCUT2D eigenvalue weighted by Crippen LogP contribution is 2.40. The summed E-state index contributed by atoms with van der Waals surface area (Å²) in [5.41, 5.74) is 16.2. The van der Waals surface area contributed by atoms with Crippen LogP contribution in [0.5, 0.6) is 0 Å². The smallest absolute Gasteiger partial charge is 0.164 e. The Labute approximate surface area is 351 Å². The van der Waals surface area contributed by atoms with Crippen LogP contribution >= 0.6 is 0 Å². The van der Waals surface area contributed by atoms with Gasteiger partial charge in [-0.1, -0.05) is 212 Å². The van der Waals surface area contributed by atoms with Gasteiger partial charge in [0.1, 0.15) is 0 Å². The lowest BCUT2D eigenvalue weighted by Crippen LogP contribution is -2.02. The van der Waals surface area contributed by atoms with Crippen LogP contribution in [0.4, 0.5) is 0 Å². The quantitative estimate of drug-likeness (QED) is 0.147. The Bertz CT molecular complexity index is 3010. The predicted molar refractivity (Wildman–Crippen MR) is 249 cm³/mol. The summed E-state index contributed by atoms with van der Waals surface area (Å²) < 4.78 is 0. The summed E-state index contributed by atoms with van der Waals surface area (Å²) in [5.74, 6) is 1.81. The fraction of sp³-hybridized carbons (Fsp3) is 0. The Hall–Kier alpha value is -8.01. The van der Waals surface area contributed by atoms with Crippen LogP contribution in [0.25, 0.3) is 101 Å². The van der Waals surface area contributed by atoms with Crippen molar-refractivity contribution in [3.05, 3.63) is 237 Å². The predicted octanol–water partition coefficient (Wildman–Crippen LogP) is 14.9. The van der Waals surface area contributed by atoms with Gasteiger partial charge in [-0.3, -0.25) is 0 Å². The van der Waals surface area contributed by atoms with Crippen molar-refractivity contribution < 1.29 is 0 Å². The lowest BCUT2D eigenvalue weighted by Gasteiger charge is -2.16. The van der Waals surface area contributed by atoms with E-state index in [1.54, 1.807) is 0 Å². The minimum atomic E-state index is 0.603. The summed E-state index contributed by atoms with van der Waals surface area (Å²) >= 11 is 0. The van der Waals surface area contributed by atoms with Crippen molar-refractivity contribution in [1.82, 2.24) is 15.0 Å². The monoisotopic (exact) mass is 765 g/mol. The van der Waals surface area contributed by atoms with Gasteiger partial charge < -0.3 is 0 Å². The van der Waals surface area contributed by atoms with Gasteiger partial charge in [0.15, 0.2) is 17.5 Å². The molecule has 60 heavy (non-hydrogen) atoms. The minimum absolute atomic E-state index is 0.603. The second-order valence-corrected chi connectivity index (χ2v) is 14.8. The molecule has 0 atom stereocenters. The molecule has 9 aromatic carbocycles. The molecule has 1 heterocycles. The topological polar surface area (TPSA) is 38.7 Å². The van der Waals surface area contributed by atoms with E-state index < -0.39 is 0 Å². The fourth-order valence-electron chi connectivity index (χ4n) is 8.04. The molecule has 3 heteroatoms. The van der Waals surface area contributed by atoms with Crippen LogP contribution in [0, 0.1) is 0 Å². The van der Waals surface area contributed by atoms with Crippen LogP contribution in [-0.4, -0.2) is 15.0 Å². The lowest BCUT2D eigenvalue weighted by atomic mass is 9.91. The number of rotatable bonds is 9. The zero-order valence-corrected chi connectivity index (χ0v) is 32.9. The maximum absolute atomic E-state index is 5.37. The van der Waals surface area contributed by atoms with Crippen LogP contribution in [-0.2, 0) is 0 Å². The Morgan fingerprint density at radius 2 is 0.467 bits per heavy atom. The molecule has 0 amide bonds. The fourth-order valence-corrected chi connectivity index (χ4v) is 8.04. The third kappa shape index (κ3) is 7.44. The van der Waals surface area contributed by atoms with E-state index in [1.165, 1.54) is 11.1 Å². The van der Waals surface area contributed by atoms with E-state index in [2.05, 4.69) is 237 Å². The normalized spacial score (nSPS) is 11.0. The molecule has 0 aliphatic rings. The zero-order valence-electron chi connectivity index (χ0n) is 32.9. The maximum Gasteiger partial charge on any atom is 0.164 e. The van der Waals surface area contributed by atoms with E-state index in [0.29, 0.717) is 17.5 Å². The standard InChI is InChI=1S/C57H39N3/c1-5-20-40(21-6-1)46-37-47(41-22-7-2-8-23-41)39-48(38-46)56-58-55(45-29-19-28-44(36-45)51-32-14-13-30-49(51)42-24-9-3-10-25-42)59-57(60-56)54-35-18-17-34-53(54)52-33-16-15-31-50(52)43-26-11-4-12-27-43/h1-39H. The molecule has 0 unspecified atom stereocenters.